The molecule has 0 bridgehead atoms. The molecule has 1 saturated carbocycles. The van der Waals surface area contributed by atoms with Crippen LogP contribution in [-0.4, -0.2) is 44.0 Å². The first kappa shape index (κ1) is 21.3. The van der Waals surface area contributed by atoms with Crippen LogP contribution in [0.25, 0.3) is 0 Å². The molecule has 0 N–H and O–H groups in total. The monoisotopic (exact) mass is 454 g/mol. The lowest BCUT2D eigenvalue weighted by Crippen LogP contribution is -2.48. The molecule has 0 saturated heterocycles. The molecule has 6 nitrogen and oxygen atoms in total. The molecule has 0 unspecified atom stereocenters. The zero-order chi connectivity index (χ0) is 22.3. The smallest absolute Gasteiger partial charge is 0.356 e. The number of hydrogen-bond donors (Lipinski definition) is 0. The number of fused-ring (bicyclic) bond motifs is 3. The summed E-state index contributed by atoms with van der Waals surface area (Å²) in [5.41, 5.74) is 2.60. The average Bonchev–Trinajstić information content (AvgIpc) is 2.93. The molecule has 2 aliphatic carbocycles. The molecule has 168 valence electrons. The molecule has 0 radical (unpaired) electrons. The van der Waals surface area contributed by atoms with E-state index in [0.717, 1.165) is 43.4 Å². The number of methoxy groups -OCH3 is 1. The largest absolute Gasteiger partial charge is 0.489 e. The Morgan fingerprint density at radius 3 is 2.97 bits per heavy atom. The van der Waals surface area contributed by atoms with Crippen LogP contribution < -0.4 is 9.64 Å². The third-order valence-electron chi connectivity index (χ3n) is 7.38. The van der Waals surface area contributed by atoms with E-state index in [2.05, 4.69) is 22.0 Å². The predicted molar refractivity (Wildman–Crippen MR) is 122 cm³/mol. The third kappa shape index (κ3) is 3.64. The number of esters is 1. The maximum absolute atomic E-state index is 12.2. The van der Waals surface area contributed by atoms with Crippen molar-refractivity contribution in [2.45, 2.75) is 37.5 Å². The number of aldehydes is 1. The number of hydrogen-bond acceptors (Lipinski definition) is 6. The van der Waals surface area contributed by atoms with Crippen LogP contribution in [0.1, 0.15) is 47.3 Å². The number of halogens is 1. The Morgan fingerprint density at radius 2 is 2.22 bits per heavy atom. The minimum atomic E-state index is -0.473. The van der Waals surface area contributed by atoms with Gasteiger partial charge in [0.2, 0.25) is 0 Å². The summed E-state index contributed by atoms with van der Waals surface area (Å²) in [6.07, 6.45) is 6.10. The zero-order valence-electron chi connectivity index (χ0n) is 18.2. The number of carbonyl (C=O) groups is 2. The number of rotatable bonds is 4. The van der Waals surface area contributed by atoms with Crippen LogP contribution >= 0.6 is 11.6 Å². The number of anilines is 1. The lowest BCUT2D eigenvalue weighted by atomic mass is 9.69. The number of aromatic nitrogens is 1. The Hall–Kier alpha value is -2.60. The second kappa shape index (κ2) is 8.39. The van der Waals surface area contributed by atoms with E-state index in [1.54, 1.807) is 6.07 Å². The van der Waals surface area contributed by atoms with E-state index in [1.165, 1.54) is 18.2 Å². The molecule has 1 fully saturated rings. The Bertz CT molecular complexity index is 1060. The molecule has 1 aromatic heterocycles. The number of carbonyl (C=O) groups excluding carboxylic acids is 2. The highest BCUT2D eigenvalue weighted by Crippen LogP contribution is 2.45. The van der Waals surface area contributed by atoms with Gasteiger partial charge in [-0.3, -0.25) is 0 Å². The topological polar surface area (TPSA) is 68.7 Å². The molecule has 0 amide bonds. The fraction of sp³-hybridized carbons (Fsp3) is 0.480. The zero-order valence-corrected chi connectivity index (χ0v) is 18.9. The van der Waals surface area contributed by atoms with E-state index in [9.17, 15) is 9.59 Å². The van der Waals surface area contributed by atoms with Gasteiger partial charge in [0.05, 0.1) is 13.7 Å². The minimum Gasteiger partial charge on any atom is -0.489 e. The summed E-state index contributed by atoms with van der Waals surface area (Å²) in [5.74, 6) is 1.21. The summed E-state index contributed by atoms with van der Waals surface area (Å²) >= 11 is 6.30. The minimum absolute atomic E-state index is 0.0832. The molecule has 2 heterocycles. The Morgan fingerprint density at radius 1 is 1.34 bits per heavy atom. The van der Waals surface area contributed by atoms with Gasteiger partial charge in [0.1, 0.15) is 6.29 Å². The van der Waals surface area contributed by atoms with E-state index in [1.807, 2.05) is 12.1 Å². The molecule has 1 spiro atoms. The van der Waals surface area contributed by atoms with Gasteiger partial charge in [0.25, 0.3) is 0 Å². The summed E-state index contributed by atoms with van der Waals surface area (Å²) in [6, 6.07) is 9.62. The second-order valence-electron chi connectivity index (χ2n) is 9.25. The summed E-state index contributed by atoms with van der Waals surface area (Å²) in [7, 11) is 1.35. The van der Waals surface area contributed by atoms with Crippen molar-refractivity contribution in [3.8, 4) is 5.75 Å². The molecule has 3 aliphatic rings. The number of aryl methyl sites for hydroxylation is 1. The number of pyridine rings is 1. The highest BCUT2D eigenvalue weighted by atomic mass is 35.5. The van der Waals surface area contributed by atoms with Gasteiger partial charge in [-0.25, -0.2) is 9.78 Å². The van der Waals surface area contributed by atoms with Crippen molar-refractivity contribution in [3.05, 3.63) is 52.2 Å². The fourth-order valence-corrected chi connectivity index (χ4v) is 5.68. The molecular formula is C25H27ClN2O4. The Balaban J connectivity index is 1.56. The van der Waals surface area contributed by atoms with Crippen LogP contribution in [0, 0.1) is 11.8 Å². The van der Waals surface area contributed by atoms with Crippen molar-refractivity contribution in [2.75, 3.05) is 31.7 Å². The molecule has 2 aromatic rings. The molecule has 3 atom stereocenters. The van der Waals surface area contributed by atoms with Crippen LogP contribution in [0.3, 0.4) is 0 Å². The molecule has 5 rings (SSSR count). The summed E-state index contributed by atoms with van der Waals surface area (Å²) < 4.78 is 11.2. The summed E-state index contributed by atoms with van der Waals surface area (Å²) in [4.78, 5) is 30.5. The van der Waals surface area contributed by atoms with E-state index in [0.29, 0.717) is 31.3 Å². The first-order chi connectivity index (χ1) is 15.5. The van der Waals surface area contributed by atoms with Gasteiger partial charge in [-0.05, 0) is 73.4 Å². The van der Waals surface area contributed by atoms with Gasteiger partial charge in [-0.2, -0.15) is 0 Å². The fourth-order valence-electron chi connectivity index (χ4n) is 5.48. The SMILES string of the molecule is COC(=O)c1ccc2c(n1)N(C[C@@H]1CC[C@H]1C=O)C[C@@]1(CCCc3cc(Cl)ccc31)CO2. The van der Waals surface area contributed by atoms with Crippen molar-refractivity contribution < 1.29 is 19.1 Å². The van der Waals surface area contributed by atoms with Gasteiger partial charge in [0, 0.05) is 29.4 Å². The number of ether oxygens (including phenoxy) is 2. The first-order valence-corrected chi connectivity index (χ1v) is 11.6. The van der Waals surface area contributed by atoms with E-state index in [-0.39, 0.29) is 22.9 Å². The van der Waals surface area contributed by atoms with Crippen molar-refractivity contribution >= 4 is 29.7 Å². The van der Waals surface area contributed by atoms with E-state index >= 15 is 0 Å². The summed E-state index contributed by atoms with van der Waals surface area (Å²) in [5, 5.41) is 0.753. The van der Waals surface area contributed by atoms with Gasteiger partial charge >= 0.3 is 5.97 Å². The van der Waals surface area contributed by atoms with Crippen molar-refractivity contribution in [2.24, 2.45) is 11.8 Å². The lowest BCUT2D eigenvalue weighted by Gasteiger charge is -2.43. The van der Waals surface area contributed by atoms with Gasteiger partial charge in [-0.1, -0.05) is 17.7 Å². The van der Waals surface area contributed by atoms with Gasteiger partial charge < -0.3 is 19.2 Å². The number of nitrogens with zero attached hydrogens (tertiary/aromatic N) is 2. The molecule has 7 heteroatoms. The second-order valence-corrected chi connectivity index (χ2v) is 9.69. The quantitative estimate of drug-likeness (QED) is 0.509. The molecule has 1 aliphatic heterocycles. The maximum Gasteiger partial charge on any atom is 0.356 e. The lowest BCUT2D eigenvalue weighted by molar-refractivity contribution is -0.115. The molecule has 32 heavy (non-hydrogen) atoms. The standard InChI is InChI=1S/C25H27ClN2O4/c1-31-24(30)21-8-9-22-23(27-21)28(12-17-4-5-18(17)13-29)14-25(15-32-22)10-2-3-16-11-19(26)6-7-20(16)25/h6-9,11,13,17-18H,2-5,10,12,14-15H2,1H3/t17-,18-,25-/m0/s1. The van der Waals surface area contributed by atoms with Crippen molar-refractivity contribution in [1.82, 2.24) is 4.98 Å². The van der Waals surface area contributed by atoms with Crippen molar-refractivity contribution in [3.63, 3.8) is 0 Å². The molecular weight excluding hydrogens is 428 g/mol. The normalized spacial score (nSPS) is 26.2. The van der Waals surface area contributed by atoms with Crippen molar-refractivity contribution in [1.29, 1.82) is 0 Å². The third-order valence-corrected chi connectivity index (χ3v) is 7.61. The van der Waals surface area contributed by atoms with E-state index in [4.69, 9.17) is 21.1 Å². The summed E-state index contributed by atoms with van der Waals surface area (Å²) in [6.45, 7) is 1.96. The van der Waals surface area contributed by atoms with Crippen LogP contribution in [0.2, 0.25) is 5.02 Å². The first-order valence-electron chi connectivity index (χ1n) is 11.2. The molecule has 1 aromatic carbocycles. The van der Waals surface area contributed by atoms with E-state index < -0.39 is 5.97 Å². The van der Waals surface area contributed by atoms with Crippen LogP contribution in [0.5, 0.6) is 5.75 Å². The number of benzene rings is 1. The Labute approximate surface area is 192 Å². The van der Waals surface area contributed by atoms with Crippen LogP contribution in [0.15, 0.2) is 30.3 Å². The van der Waals surface area contributed by atoms with Gasteiger partial charge in [-0.15, -0.1) is 0 Å². The average molecular weight is 455 g/mol. The Kier molecular flexibility index (Phi) is 5.58. The van der Waals surface area contributed by atoms with Gasteiger partial charge in [0.15, 0.2) is 17.3 Å². The predicted octanol–water partition coefficient (Wildman–Crippen LogP) is 4.22. The van der Waals surface area contributed by atoms with Crippen LogP contribution in [0.4, 0.5) is 5.82 Å². The maximum atomic E-state index is 12.2. The van der Waals surface area contributed by atoms with Crippen LogP contribution in [-0.2, 0) is 21.4 Å². The highest BCUT2D eigenvalue weighted by Gasteiger charge is 2.43. The highest BCUT2D eigenvalue weighted by molar-refractivity contribution is 6.30.